The highest BCUT2D eigenvalue weighted by atomic mass is 35.5. The molecule has 0 aliphatic heterocycles. The van der Waals surface area contributed by atoms with Gasteiger partial charge in [-0.05, 0) is 24.1 Å². The minimum atomic E-state index is -0.706. The molecule has 2 N–H and O–H groups in total. The van der Waals surface area contributed by atoms with Crippen LogP contribution in [0.4, 0.5) is 0 Å². The van der Waals surface area contributed by atoms with Gasteiger partial charge in [0.25, 0.3) is 0 Å². The molecule has 0 bridgehead atoms. The summed E-state index contributed by atoms with van der Waals surface area (Å²) in [4.78, 5) is -0.706. The third-order valence-electron chi connectivity index (χ3n) is 2.61. The molecule has 1 aromatic rings. The summed E-state index contributed by atoms with van der Waals surface area (Å²) in [5, 5.41) is 0. The number of hydrogen-bond donors (Lipinski definition) is 1. The molecule has 15 heavy (non-hydrogen) atoms. The molecular weight excluding hydrogens is 206 g/mol. The number of nitrogens with two attached hydrogens (primary N) is 1. The van der Waals surface area contributed by atoms with Gasteiger partial charge in [0.05, 0.1) is 0 Å². The van der Waals surface area contributed by atoms with Gasteiger partial charge in [-0.2, -0.15) is 0 Å². The zero-order valence-corrected chi connectivity index (χ0v) is 9.46. The van der Waals surface area contributed by atoms with Crippen molar-refractivity contribution in [3.8, 4) is 0 Å². The van der Waals surface area contributed by atoms with Gasteiger partial charge in [-0.3, -0.25) is 0 Å². The van der Waals surface area contributed by atoms with Gasteiger partial charge in [0.15, 0.2) is 0 Å². The van der Waals surface area contributed by atoms with E-state index in [1.807, 2.05) is 30.4 Å². The summed E-state index contributed by atoms with van der Waals surface area (Å²) in [5.74, 6) is 0. The van der Waals surface area contributed by atoms with Gasteiger partial charge in [0, 0.05) is 6.42 Å². The average Bonchev–Trinajstić information content (AvgIpc) is 2.17. The molecule has 0 radical (unpaired) electrons. The second-order valence-corrected chi connectivity index (χ2v) is 4.70. The van der Waals surface area contributed by atoms with Crippen molar-refractivity contribution in [3.05, 3.63) is 53.6 Å². The maximum absolute atomic E-state index is 6.08. The molecule has 2 rings (SSSR count). The van der Waals surface area contributed by atoms with E-state index in [1.54, 1.807) is 0 Å². The molecule has 78 valence electrons. The number of rotatable bonds is 1. The van der Waals surface area contributed by atoms with Crippen LogP contribution < -0.4 is 5.73 Å². The fraction of sp³-hybridized carbons (Fsp3) is 0.231. The van der Waals surface area contributed by atoms with E-state index in [-0.39, 0.29) is 0 Å². The predicted octanol–water partition coefficient (Wildman–Crippen LogP) is 3.31. The molecule has 0 saturated carbocycles. The molecular formula is C13H14ClN. The van der Waals surface area contributed by atoms with Crippen LogP contribution >= 0.6 is 11.6 Å². The second kappa shape index (κ2) is 3.84. The third kappa shape index (κ3) is 2.31. The van der Waals surface area contributed by atoms with Gasteiger partial charge in [0.1, 0.15) is 5.00 Å². The molecule has 2 heteroatoms. The molecule has 0 spiro atoms. The summed E-state index contributed by atoms with van der Waals surface area (Å²) in [6, 6.07) is 10.3. The molecule has 1 aliphatic rings. The van der Waals surface area contributed by atoms with Gasteiger partial charge in [-0.1, -0.05) is 53.6 Å². The first-order valence-corrected chi connectivity index (χ1v) is 5.38. The van der Waals surface area contributed by atoms with Crippen molar-refractivity contribution in [2.45, 2.75) is 18.3 Å². The van der Waals surface area contributed by atoms with Crippen molar-refractivity contribution in [1.29, 1.82) is 0 Å². The quantitative estimate of drug-likeness (QED) is 0.569. The Morgan fingerprint density at radius 1 is 1.27 bits per heavy atom. The number of benzene rings is 1. The van der Waals surface area contributed by atoms with E-state index >= 15 is 0 Å². The lowest BCUT2D eigenvalue weighted by Gasteiger charge is -2.24. The number of alkyl halides is 1. The van der Waals surface area contributed by atoms with Crippen molar-refractivity contribution in [1.82, 2.24) is 0 Å². The highest BCUT2D eigenvalue weighted by molar-refractivity contribution is 6.25. The van der Waals surface area contributed by atoms with Crippen molar-refractivity contribution in [3.63, 3.8) is 0 Å². The highest BCUT2D eigenvalue weighted by Gasteiger charge is 2.23. The van der Waals surface area contributed by atoms with Crippen molar-refractivity contribution >= 4 is 17.2 Å². The Bertz CT molecular complexity index is 415. The van der Waals surface area contributed by atoms with Crippen LogP contribution in [0.25, 0.3) is 5.57 Å². The number of hydrogen-bond acceptors (Lipinski definition) is 1. The fourth-order valence-corrected chi connectivity index (χ4v) is 2.15. The van der Waals surface area contributed by atoms with Crippen LogP contribution in [-0.2, 0) is 0 Å². The topological polar surface area (TPSA) is 26.0 Å². The molecule has 1 aliphatic carbocycles. The van der Waals surface area contributed by atoms with Crippen LogP contribution in [0.5, 0.6) is 0 Å². The Morgan fingerprint density at radius 3 is 2.53 bits per heavy atom. The van der Waals surface area contributed by atoms with Crippen LogP contribution in [-0.4, -0.2) is 5.00 Å². The Morgan fingerprint density at radius 2 is 1.93 bits per heavy atom. The summed E-state index contributed by atoms with van der Waals surface area (Å²) in [5.41, 5.74) is 9.54. The summed E-state index contributed by atoms with van der Waals surface area (Å²) >= 11 is 6.08. The molecule has 1 atom stereocenters. The van der Waals surface area contributed by atoms with E-state index in [4.69, 9.17) is 17.3 Å². The lowest BCUT2D eigenvalue weighted by atomic mass is 9.91. The van der Waals surface area contributed by atoms with Crippen LogP contribution in [0.1, 0.15) is 18.9 Å². The van der Waals surface area contributed by atoms with Gasteiger partial charge in [-0.15, -0.1) is 0 Å². The van der Waals surface area contributed by atoms with E-state index < -0.39 is 5.00 Å². The van der Waals surface area contributed by atoms with Gasteiger partial charge in [-0.25, -0.2) is 0 Å². The molecule has 1 aromatic carbocycles. The van der Waals surface area contributed by atoms with Crippen LogP contribution in [0.2, 0.25) is 0 Å². The zero-order chi connectivity index (χ0) is 10.9. The lowest BCUT2D eigenvalue weighted by molar-refractivity contribution is 0.717. The Balaban J connectivity index is 2.37. The average molecular weight is 220 g/mol. The number of allylic oxidation sites excluding steroid dienone is 2. The third-order valence-corrected chi connectivity index (χ3v) is 2.87. The first-order valence-electron chi connectivity index (χ1n) is 5.01. The minimum absolute atomic E-state index is 0.704. The minimum Gasteiger partial charge on any atom is -0.309 e. The SMILES string of the molecule is CC1=C(c2ccccc2)C=CC(N)(Cl)C1. The molecule has 0 heterocycles. The predicted molar refractivity (Wildman–Crippen MR) is 65.6 cm³/mol. The summed E-state index contributed by atoms with van der Waals surface area (Å²) in [6.45, 7) is 2.08. The largest absolute Gasteiger partial charge is 0.309 e. The Kier molecular flexibility index (Phi) is 2.68. The maximum Gasteiger partial charge on any atom is 0.114 e. The van der Waals surface area contributed by atoms with E-state index in [1.165, 1.54) is 16.7 Å². The monoisotopic (exact) mass is 219 g/mol. The van der Waals surface area contributed by atoms with E-state index in [2.05, 4.69) is 19.1 Å². The number of halogens is 1. The molecule has 0 amide bonds. The second-order valence-electron chi connectivity index (χ2n) is 4.00. The van der Waals surface area contributed by atoms with Crippen LogP contribution in [0.15, 0.2) is 48.1 Å². The molecule has 1 nitrogen and oxygen atoms in total. The normalized spacial score (nSPS) is 25.8. The maximum atomic E-state index is 6.08. The highest BCUT2D eigenvalue weighted by Crippen LogP contribution is 2.32. The smallest absolute Gasteiger partial charge is 0.114 e. The van der Waals surface area contributed by atoms with Gasteiger partial charge < -0.3 is 5.73 Å². The van der Waals surface area contributed by atoms with Crippen LogP contribution in [0, 0.1) is 0 Å². The molecule has 0 fully saturated rings. The van der Waals surface area contributed by atoms with E-state index in [9.17, 15) is 0 Å². The van der Waals surface area contributed by atoms with Crippen molar-refractivity contribution in [2.75, 3.05) is 0 Å². The fourth-order valence-electron chi connectivity index (χ4n) is 1.89. The Hall–Kier alpha value is -1.05. The van der Waals surface area contributed by atoms with E-state index in [0.717, 1.165) is 0 Å². The molecule has 1 unspecified atom stereocenters. The lowest BCUT2D eigenvalue weighted by Crippen LogP contribution is -2.32. The first kappa shape index (κ1) is 10.5. The summed E-state index contributed by atoms with van der Waals surface area (Å²) < 4.78 is 0. The molecule has 0 saturated heterocycles. The van der Waals surface area contributed by atoms with Crippen LogP contribution in [0.3, 0.4) is 0 Å². The van der Waals surface area contributed by atoms with Gasteiger partial charge >= 0.3 is 0 Å². The Labute approximate surface area is 95.2 Å². The van der Waals surface area contributed by atoms with Crippen molar-refractivity contribution in [2.24, 2.45) is 5.73 Å². The first-order chi connectivity index (χ1) is 7.08. The summed E-state index contributed by atoms with van der Waals surface area (Å²) in [6.07, 6.45) is 4.58. The molecule has 0 aromatic heterocycles. The van der Waals surface area contributed by atoms with E-state index in [0.29, 0.717) is 6.42 Å². The standard InChI is InChI=1S/C13H14ClN/c1-10-9-13(14,15)8-7-12(10)11-5-3-2-4-6-11/h2-8H,9,15H2,1H3. The van der Waals surface area contributed by atoms with Crippen molar-refractivity contribution < 1.29 is 0 Å². The van der Waals surface area contributed by atoms with Gasteiger partial charge in [0.2, 0.25) is 0 Å². The summed E-state index contributed by atoms with van der Waals surface area (Å²) in [7, 11) is 0. The zero-order valence-electron chi connectivity index (χ0n) is 8.70.